The first-order chi connectivity index (χ1) is 18.3. The van der Waals surface area contributed by atoms with Crippen molar-refractivity contribution in [2.75, 3.05) is 19.0 Å². The number of ether oxygens (including phenoxy) is 2. The van der Waals surface area contributed by atoms with Gasteiger partial charge in [0, 0.05) is 17.5 Å². The Labute approximate surface area is 229 Å². The van der Waals surface area contributed by atoms with Crippen molar-refractivity contribution in [1.29, 1.82) is 0 Å². The number of nitrogens with one attached hydrogen (secondary N) is 2. The van der Waals surface area contributed by atoms with E-state index in [9.17, 15) is 14.4 Å². The fraction of sp³-hybridized carbons (Fsp3) is 0.423. The van der Waals surface area contributed by atoms with E-state index in [0.717, 1.165) is 36.1 Å². The number of aromatic nitrogens is 3. The Hall–Kier alpha value is -3.38. The van der Waals surface area contributed by atoms with E-state index in [1.54, 1.807) is 56.8 Å². The third kappa shape index (κ3) is 6.18. The van der Waals surface area contributed by atoms with Crippen LogP contribution in [0, 0.1) is 0 Å². The number of anilines is 1. The van der Waals surface area contributed by atoms with Crippen LogP contribution in [0.4, 0.5) is 5.00 Å². The number of nitrogens with zero attached hydrogens (tertiary/aromatic N) is 3. The molecule has 1 aliphatic carbocycles. The van der Waals surface area contributed by atoms with Crippen LogP contribution in [0.2, 0.25) is 0 Å². The van der Waals surface area contributed by atoms with Crippen LogP contribution in [0.15, 0.2) is 29.4 Å². The third-order valence-electron chi connectivity index (χ3n) is 6.22. The highest BCUT2D eigenvalue weighted by atomic mass is 32.2. The largest absolute Gasteiger partial charge is 0.497 e. The smallest absolute Gasteiger partial charge is 0.341 e. The number of hydrogen-bond acceptors (Lipinski definition) is 9. The van der Waals surface area contributed by atoms with Crippen LogP contribution in [-0.2, 0) is 36.0 Å². The Morgan fingerprint density at radius 3 is 2.61 bits per heavy atom. The van der Waals surface area contributed by atoms with E-state index >= 15 is 0 Å². The lowest BCUT2D eigenvalue weighted by Crippen LogP contribution is -2.25. The molecule has 0 aliphatic heterocycles. The zero-order valence-corrected chi connectivity index (χ0v) is 23.5. The number of carbonyl (C=O) groups is 3. The minimum atomic E-state index is -0.506. The van der Waals surface area contributed by atoms with E-state index in [1.807, 2.05) is 0 Å². The molecule has 202 valence electrons. The number of rotatable bonds is 10. The first-order valence-corrected chi connectivity index (χ1v) is 14.1. The average molecular weight is 558 g/mol. The second-order valence-corrected chi connectivity index (χ2v) is 11.2. The molecule has 0 saturated heterocycles. The zero-order chi connectivity index (χ0) is 27.2. The fourth-order valence-corrected chi connectivity index (χ4v) is 6.22. The van der Waals surface area contributed by atoms with Crippen molar-refractivity contribution in [2.24, 2.45) is 7.05 Å². The van der Waals surface area contributed by atoms with Crippen molar-refractivity contribution in [1.82, 2.24) is 20.1 Å². The summed E-state index contributed by atoms with van der Waals surface area (Å²) in [6.07, 6.45) is 3.81. The van der Waals surface area contributed by atoms with Crippen molar-refractivity contribution >= 4 is 45.9 Å². The average Bonchev–Trinajstić information content (AvgIpc) is 3.46. The number of benzene rings is 1. The lowest BCUT2D eigenvalue weighted by molar-refractivity contribution is -0.115. The highest BCUT2D eigenvalue weighted by molar-refractivity contribution is 8.00. The molecule has 4 rings (SSSR count). The van der Waals surface area contributed by atoms with Crippen molar-refractivity contribution in [2.45, 2.75) is 56.5 Å². The fourth-order valence-electron chi connectivity index (χ4n) is 4.10. The van der Waals surface area contributed by atoms with Crippen LogP contribution in [0.5, 0.6) is 5.75 Å². The summed E-state index contributed by atoms with van der Waals surface area (Å²) in [6.45, 7) is 4.00. The van der Waals surface area contributed by atoms with E-state index in [4.69, 9.17) is 9.47 Å². The van der Waals surface area contributed by atoms with Crippen molar-refractivity contribution < 1.29 is 23.9 Å². The monoisotopic (exact) mass is 557 g/mol. The summed E-state index contributed by atoms with van der Waals surface area (Å²) in [7, 11) is 3.35. The number of thiophene rings is 1. The van der Waals surface area contributed by atoms with E-state index in [2.05, 4.69) is 20.8 Å². The van der Waals surface area contributed by atoms with E-state index in [-0.39, 0.29) is 25.0 Å². The minimum Gasteiger partial charge on any atom is -0.497 e. The summed E-state index contributed by atoms with van der Waals surface area (Å²) in [4.78, 5) is 39.4. The molecule has 2 heterocycles. The third-order valence-corrected chi connectivity index (χ3v) is 8.56. The topological polar surface area (TPSA) is 124 Å². The second kappa shape index (κ2) is 12.4. The van der Waals surface area contributed by atoms with Crippen LogP contribution in [0.3, 0.4) is 0 Å². The van der Waals surface area contributed by atoms with Gasteiger partial charge in [0.25, 0.3) is 5.91 Å². The Morgan fingerprint density at radius 2 is 1.89 bits per heavy atom. The van der Waals surface area contributed by atoms with Crippen LogP contribution in [0.25, 0.3) is 0 Å². The molecule has 2 amide bonds. The maximum absolute atomic E-state index is 13.1. The number of carbonyl (C=O) groups excluding carboxylic acids is 3. The normalized spacial score (nSPS) is 13.4. The molecule has 2 aromatic heterocycles. The van der Waals surface area contributed by atoms with Crippen LogP contribution < -0.4 is 15.4 Å². The van der Waals surface area contributed by atoms with Crippen molar-refractivity contribution in [3.8, 4) is 5.75 Å². The van der Waals surface area contributed by atoms with Gasteiger partial charge in [0.15, 0.2) is 11.0 Å². The maximum Gasteiger partial charge on any atom is 0.341 e. The standard InChI is InChI=1S/C26H31N5O5S2/c1-5-36-25(34)21-18-8-6-7-9-19(18)38-24(21)28-22(32)15(2)37-26-30-29-20(31(26)3)14-27-23(33)16-10-12-17(35-4)13-11-16/h10-13,15H,5-9,14H2,1-4H3,(H,27,33)(H,28,32)/t15-/m1/s1. The van der Waals surface area contributed by atoms with Crippen molar-refractivity contribution in [3.05, 3.63) is 51.7 Å². The molecule has 1 atom stereocenters. The number of fused-ring (bicyclic) bond motifs is 1. The second-order valence-electron chi connectivity index (χ2n) is 8.75. The summed E-state index contributed by atoms with van der Waals surface area (Å²) >= 11 is 2.71. The number of esters is 1. The van der Waals surface area contributed by atoms with Gasteiger partial charge in [-0.1, -0.05) is 11.8 Å². The number of hydrogen-bond donors (Lipinski definition) is 2. The van der Waals surface area contributed by atoms with Gasteiger partial charge in [-0.05, 0) is 69.4 Å². The van der Waals surface area contributed by atoms with E-state index in [0.29, 0.717) is 32.9 Å². The number of thioether (sulfide) groups is 1. The zero-order valence-electron chi connectivity index (χ0n) is 21.8. The molecule has 38 heavy (non-hydrogen) atoms. The number of aryl methyl sites for hydroxylation is 1. The molecule has 0 spiro atoms. The van der Waals surface area contributed by atoms with Crippen LogP contribution in [-0.4, -0.2) is 51.5 Å². The molecule has 0 unspecified atom stereocenters. The first kappa shape index (κ1) is 27.6. The summed E-state index contributed by atoms with van der Waals surface area (Å²) in [5.41, 5.74) is 2.00. The van der Waals surface area contributed by atoms with Gasteiger partial charge in [-0.2, -0.15) is 0 Å². The van der Waals surface area contributed by atoms with Gasteiger partial charge in [-0.25, -0.2) is 4.79 Å². The molecule has 0 saturated carbocycles. The molecule has 1 aliphatic rings. The van der Waals surface area contributed by atoms with Gasteiger partial charge in [0.05, 0.1) is 31.1 Å². The Kier molecular flexibility index (Phi) is 9.05. The summed E-state index contributed by atoms with van der Waals surface area (Å²) in [5.74, 6) is 0.352. The van der Waals surface area contributed by atoms with Gasteiger partial charge in [-0.15, -0.1) is 21.5 Å². The molecular weight excluding hydrogens is 526 g/mol. The lowest BCUT2D eigenvalue weighted by Gasteiger charge is -2.13. The summed E-state index contributed by atoms with van der Waals surface area (Å²) in [6, 6.07) is 6.81. The highest BCUT2D eigenvalue weighted by Crippen LogP contribution is 2.39. The van der Waals surface area contributed by atoms with Crippen molar-refractivity contribution in [3.63, 3.8) is 0 Å². The van der Waals surface area contributed by atoms with Gasteiger partial charge in [-0.3, -0.25) is 9.59 Å². The quantitative estimate of drug-likeness (QED) is 0.283. The molecule has 1 aromatic carbocycles. The molecule has 10 nitrogen and oxygen atoms in total. The van der Waals surface area contributed by atoms with Crippen LogP contribution in [0.1, 0.15) is 63.7 Å². The number of methoxy groups -OCH3 is 1. The van der Waals surface area contributed by atoms with Gasteiger partial charge in [0.1, 0.15) is 10.8 Å². The molecule has 12 heteroatoms. The minimum absolute atomic E-state index is 0.180. The molecule has 3 aromatic rings. The Bertz CT molecular complexity index is 1320. The molecule has 0 fully saturated rings. The molecule has 0 radical (unpaired) electrons. The molecule has 0 bridgehead atoms. The van der Waals surface area contributed by atoms with Gasteiger partial charge in [0.2, 0.25) is 5.91 Å². The number of amides is 2. The summed E-state index contributed by atoms with van der Waals surface area (Å²) in [5, 5.41) is 14.7. The predicted octanol–water partition coefficient (Wildman–Crippen LogP) is 3.99. The predicted molar refractivity (Wildman–Crippen MR) is 146 cm³/mol. The van der Waals surface area contributed by atoms with Gasteiger partial charge < -0.3 is 24.7 Å². The maximum atomic E-state index is 13.1. The van der Waals surface area contributed by atoms with Crippen LogP contribution >= 0.6 is 23.1 Å². The van der Waals surface area contributed by atoms with E-state index in [1.165, 1.54) is 23.1 Å². The molecular formula is C26H31N5O5S2. The Balaban J connectivity index is 1.38. The Morgan fingerprint density at radius 1 is 1.16 bits per heavy atom. The first-order valence-electron chi connectivity index (χ1n) is 12.4. The SMILES string of the molecule is CCOC(=O)c1c(NC(=O)[C@@H](C)Sc2nnc(CNC(=O)c3ccc(OC)cc3)n2C)sc2c1CCCC2. The lowest BCUT2D eigenvalue weighted by atomic mass is 9.95. The highest BCUT2D eigenvalue weighted by Gasteiger charge is 2.28. The van der Waals surface area contributed by atoms with E-state index < -0.39 is 11.2 Å². The van der Waals surface area contributed by atoms with Gasteiger partial charge >= 0.3 is 5.97 Å². The molecule has 2 N–H and O–H groups in total. The summed E-state index contributed by atoms with van der Waals surface area (Å²) < 4.78 is 12.1.